The van der Waals surface area contributed by atoms with E-state index in [-0.39, 0.29) is 49.1 Å². The molecule has 192 valence electrons. The molecule has 1 N–H and O–H groups in total. The van der Waals surface area contributed by atoms with Crippen LogP contribution >= 0.6 is 0 Å². The molecule has 0 spiro atoms. The largest absolute Gasteiger partial charge is 0.352 e. The van der Waals surface area contributed by atoms with Gasteiger partial charge in [-0.05, 0) is 44.9 Å². The number of para-hydroxylation sites is 1. The Morgan fingerprint density at radius 1 is 1.00 bits per heavy atom. The van der Waals surface area contributed by atoms with Crippen LogP contribution in [0.5, 0.6) is 0 Å². The summed E-state index contributed by atoms with van der Waals surface area (Å²) < 4.78 is 54.0. The lowest BCUT2D eigenvalue weighted by atomic mass is 10.1. The Bertz CT molecular complexity index is 1130. The van der Waals surface area contributed by atoms with E-state index < -0.39 is 33.6 Å². The van der Waals surface area contributed by atoms with Gasteiger partial charge >= 0.3 is 0 Å². The van der Waals surface area contributed by atoms with Crippen LogP contribution in [0.1, 0.15) is 45.6 Å². The van der Waals surface area contributed by atoms with E-state index in [4.69, 9.17) is 0 Å². The minimum atomic E-state index is -3.80. The first-order valence-corrected chi connectivity index (χ1v) is 13.4. The Morgan fingerprint density at radius 3 is 2.17 bits per heavy atom. The third kappa shape index (κ3) is 8.02. The second-order valence-corrected chi connectivity index (χ2v) is 10.4. The van der Waals surface area contributed by atoms with Gasteiger partial charge in [0.15, 0.2) is 0 Å². The van der Waals surface area contributed by atoms with Crippen molar-refractivity contribution in [3.63, 3.8) is 0 Å². The molecule has 2 rings (SSSR count). The Balaban J connectivity index is 2.20. The normalized spacial score (nSPS) is 13.1. The maximum absolute atomic E-state index is 14.3. The number of amides is 2. The highest BCUT2D eigenvalue weighted by molar-refractivity contribution is 7.92. The number of hydrogen-bond acceptors (Lipinski definition) is 4. The summed E-state index contributed by atoms with van der Waals surface area (Å²) in [5.74, 6) is -2.00. The first kappa shape index (κ1) is 28.2. The van der Waals surface area contributed by atoms with Gasteiger partial charge in [-0.1, -0.05) is 37.3 Å². The average molecular weight is 510 g/mol. The number of benzene rings is 2. The van der Waals surface area contributed by atoms with Crippen LogP contribution in [0.3, 0.4) is 0 Å². The SMILES string of the molecule is CC[C@@H](C)NC(=O)[C@@H](C)N(Cc1ccccc1F)C(=O)CCCN(c1ccccc1F)S(C)(=O)=O. The third-order valence-corrected chi connectivity index (χ3v) is 6.92. The van der Waals surface area contributed by atoms with Crippen molar-refractivity contribution >= 4 is 27.5 Å². The highest BCUT2D eigenvalue weighted by Gasteiger charge is 2.28. The molecule has 2 aromatic rings. The number of carbonyl (C=O) groups is 2. The molecule has 2 aromatic carbocycles. The van der Waals surface area contributed by atoms with E-state index in [0.717, 1.165) is 16.6 Å². The second kappa shape index (κ2) is 12.6. The number of nitrogens with zero attached hydrogens (tertiary/aromatic N) is 2. The van der Waals surface area contributed by atoms with E-state index in [2.05, 4.69) is 5.32 Å². The lowest BCUT2D eigenvalue weighted by Gasteiger charge is -2.30. The Morgan fingerprint density at radius 2 is 1.60 bits per heavy atom. The summed E-state index contributed by atoms with van der Waals surface area (Å²) in [7, 11) is -3.80. The van der Waals surface area contributed by atoms with Crippen molar-refractivity contribution in [2.75, 3.05) is 17.1 Å². The minimum absolute atomic E-state index is 0.0771. The summed E-state index contributed by atoms with van der Waals surface area (Å²) in [6.45, 7) is 5.08. The van der Waals surface area contributed by atoms with Gasteiger partial charge in [0.25, 0.3) is 0 Å². The van der Waals surface area contributed by atoms with Crippen LogP contribution in [0.25, 0.3) is 0 Å². The van der Waals surface area contributed by atoms with Gasteiger partial charge < -0.3 is 10.2 Å². The molecule has 0 saturated carbocycles. The first-order chi connectivity index (χ1) is 16.5. The van der Waals surface area contributed by atoms with Gasteiger partial charge in [-0.25, -0.2) is 17.2 Å². The van der Waals surface area contributed by atoms with Crippen LogP contribution in [0.2, 0.25) is 0 Å². The van der Waals surface area contributed by atoms with Gasteiger partial charge in [0.1, 0.15) is 17.7 Å². The molecule has 35 heavy (non-hydrogen) atoms. The fourth-order valence-corrected chi connectivity index (χ4v) is 4.46. The molecule has 0 radical (unpaired) electrons. The smallest absolute Gasteiger partial charge is 0.242 e. The van der Waals surface area contributed by atoms with Crippen LogP contribution in [0, 0.1) is 11.6 Å². The zero-order valence-corrected chi connectivity index (χ0v) is 21.3. The number of halogens is 2. The van der Waals surface area contributed by atoms with Gasteiger partial charge in [-0.2, -0.15) is 0 Å². The van der Waals surface area contributed by atoms with Gasteiger partial charge in [-0.3, -0.25) is 13.9 Å². The summed E-state index contributed by atoms with van der Waals surface area (Å²) in [6, 6.07) is 10.5. The fraction of sp³-hybridized carbons (Fsp3) is 0.440. The van der Waals surface area contributed by atoms with Gasteiger partial charge in [0.2, 0.25) is 21.8 Å². The fourth-order valence-electron chi connectivity index (χ4n) is 3.49. The van der Waals surface area contributed by atoms with E-state index >= 15 is 0 Å². The van der Waals surface area contributed by atoms with Crippen molar-refractivity contribution in [2.24, 2.45) is 0 Å². The molecule has 0 aliphatic rings. The van der Waals surface area contributed by atoms with E-state index in [0.29, 0.717) is 6.42 Å². The molecular weight excluding hydrogens is 476 g/mol. The molecule has 0 saturated heterocycles. The van der Waals surface area contributed by atoms with Crippen molar-refractivity contribution in [1.29, 1.82) is 0 Å². The molecule has 2 atom stereocenters. The van der Waals surface area contributed by atoms with E-state index in [9.17, 15) is 26.8 Å². The maximum atomic E-state index is 14.3. The molecule has 0 bridgehead atoms. The molecule has 0 fully saturated rings. The number of nitrogens with one attached hydrogen (secondary N) is 1. The molecule has 0 unspecified atom stereocenters. The maximum Gasteiger partial charge on any atom is 0.242 e. The number of hydrogen-bond donors (Lipinski definition) is 1. The predicted octanol–water partition coefficient (Wildman–Crippen LogP) is 3.84. The third-order valence-electron chi connectivity index (χ3n) is 5.74. The molecule has 0 aliphatic heterocycles. The van der Waals surface area contributed by atoms with Gasteiger partial charge in [0, 0.05) is 31.1 Å². The Labute approximate surface area is 206 Å². The number of rotatable bonds is 12. The highest BCUT2D eigenvalue weighted by atomic mass is 32.2. The van der Waals surface area contributed by atoms with E-state index in [1.165, 1.54) is 35.2 Å². The summed E-state index contributed by atoms with van der Waals surface area (Å²) in [6.07, 6.45) is 1.63. The topological polar surface area (TPSA) is 86.8 Å². The molecule has 0 aromatic heterocycles. The van der Waals surface area contributed by atoms with Gasteiger partial charge in [-0.15, -0.1) is 0 Å². The number of carbonyl (C=O) groups excluding carboxylic acids is 2. The van der Waals surface area contributed by atoms with Crippen molar-refractivity contribution in [1.82, 2.24) is 10.2 Å². The molecule has 7 nitrogen and oxygen atoms in total. The second-order valence-electron chi connectivity index (χ2n) is 8.50. The van der Waals surface area contributed by atoms with Gasteiger partial charge in [0.05, 0.1) is 11.9 Å². The van der Waals surface area contributed by atoms with Crippen molar-refractivity contribution in [3.8, 4) is 0 Å². The van der Waals surface area contributed by atoms with Crippen LogP contribution in [-0.4, -0.2) is 50.0 Å². The van der Waals surface area contributed by atoms with Crippen molar-refractivity contribution in [2.45, 2.75) is 58.7 Å². The first-order valence-electron chi connectivity index (χ1n) is 11.5. The quantitative estimate of drug-likeness (QED) is 0.471. The lowest BCUT2D eigenvalue weighted by Crippen LogP contribution is -2.49. The van der Waals surface area contributed by atoms with Crippen molar-refractivity contribution in [3.05, 3.63) is 65.7 Å². The average Bonchev–Trinajstić information content (AvgIpc) is 2.80. The molecule has 0 heterocycles. The van der Waals surface area contributed by atoms with E-state index in [1.807, 2.05) is 13.8 Å². The van der Waals surface area contributed by atoms with Crippen molar-refractivity contribution < 1.29 is 26.8 Å². The Kier molecular flexibility index (Phi) is 10.2. The predicted molar refractivity (Wildman–Crippen MR) is 132 cm³/mol. The molecule has 2 amide bonds. The standard InChI is InChI=1S/C25H33F2N3O4S/c1-5-18(2)28-25(32)19(3)29(17-20-11-6-7-12-21(20)26)24(31)15-10-16-30(35(4,33)34)23-14-9-8-13-22(23)27/h6-9,11-14,18-19H,5,10,15-17H2,1-4H3,(H,28,32)/t18-,19-/m1/s1. The summed E-state index contributed by atoms with van der Waals surface area (Å²) in [4.78, 5) is 27.2. The molecular formula is C25H33F2N3O4S. The lowest BCUT2D eigenvalue weighted by molar-refractivity contribution is -0.141. The molecule has 10 heteroatoms. The summed E-state index contributed by atoms with van der Waals surface area (Å²) in [5.41, 5.74) is 0.153. The Hall–Kier alpha value is -3.01. The van der Waals surface area contributed by atoms with Crippen LogP contribution in [-0.2, 0) is 26.2 Å². The van der Waals surface area contributed by atoms with Crippen LogP contribution in [0.15, 0.2) is 48.5 Å². The zero-order chi connectivity index (χ0) is 26.2. The number of anilines is 1. The molecule has 0 aliphatic carbocycles. The highest BCUT2D eigenvalue weighted by Crippen LogP contribution is 2.22. The van der Waals surface area contributed by atoms with Crippen LogP contribution < -0.4 is 9.62 Å². The summed E-state index contributed by atoms with van der Waals surface area (Å²) in [5, 5.41) is 2.83. The summed E-state index contributed by atoms with van der Waals surface area (Å²) >= 11 is 0. The van der Waals surface area contributed by atoms with Crippen LogP contribution in [0.4, 0.5) is 14.5 Å². The number of sulfonamides is 1. The van der Waals surface area contributed by atoms with E-state index in [1.54, 1.807) is 19.1 Å². The monoisotopic (exact) mass is 509 g/mol. The zero-order valence-electron chi connectivity index (χ0n) is 20.5. The minimum Gasteiger partial charge on any atom is -0.352 e.